The summed E-state index contributed by atoms with van der Waals surface area (Å²) < 4.78 is 45.0. The Morgan fingerprint density at radius 1 is 0.321 bits per heavy atom. The Hall–Kier alpha value is -7.42. The van der Waals surface area contributed by atoms with Gasteiger partial charge in [0.25, 0.3) is 0 Å². The summed E-state index contributed by atoms with van der Waals surface area (Å²) in [6.07, 6.45) is 0. The van der Waals surface area contributed by atoms with Crippen molar-refractivity contribution >= 4 is 38.9 Å². The van der Waals surface area contributed by atoms with Crippen molar-refractivity contribution in [1.82, 2.24) is 4.57 Å². The van der Waals surface area contributed by atoms with Crippen LogP contribution in [0, 0.1) is 0 Å². The highest BCUT2D eigenvalue weighted by molar-refractivity contribution is 6.10. The standard InChI is InChI=1S/C54H38N2/c1-5-16-39(17-6-1)45-34-46(40-18-7-2-8-19-40)37-50(36-45)56-53-27-14-13-26-51(53)52-33-32-44(38-54(52)56)42-30-28-41(29-31-42)43-20-15-25-49(35-43)55(47-21-9-3-10-22-47)48-23-11-4-12-24-48/h1-38H/i3D,9D,10D,21D,22D. The minimum atomic E-state index is -0.421. The molecule has 0 saturated carbocycles. The minimum Gasteiger partial charge on any atom is -0.310 e. The van der Waals surface area contributed by atoms with Gasteiger partial charge in [0.15, 0.2) is 0 Å². The fourth-order valence-corrected chi connectivity index (χ4v) is 7.78. The predicted octanol–water partition coefficient (Wildman–Crippen LogP) is 14.9. The van der Waals surface area contributed by atoms with E-state index < -0.39 is 6.04 Å². The largest absolute Gasteiger partial charge is 0.310 e. The monoisotopic (exact) mass is 719 g/mol. The van der Waals surface area contributed by atoms with Crippen molar-refractivity contribution in [2.45, 2.75) is 0 Å². The summed E-state index contributed by atoms with van der Waals surface area (Å²) in [6, 6.07) is 67.4. The van der Waals surface area contributed by atoms with Crippen molar-refractivity contribution in [1.29, 1.82) is 0 Å². The summed E-state index contributed by atoms with van der Waals surface area (Å²) in [4.78, 5) is 1.74. The third-order valence-corrected chi connectivity index (χ3v) is 10.4. The maximum atomic E-state index is 8.81. The van der Waals surface area contributed by atoms with Gasteiger partial charge in [0.1, 0.15) is 0 Å². The highest BCUT2D eigenvalue weighted by atomic mass is 15.1. The number of hydrogen-bond acceptors (Lipinski definition) is 1. The van der Waals surface area contributed by atoms with Crippen LogP contribution in [0.3, 0.4) is 0 Å². The van der Waals surface area contributed by atoms with Crippen LogP contribution in [0.2, 0.25) is 0 Å². The Morgan fingerprint density at radius 3 is 1.48 bits per heavy atom. The average molecular weight is 720 g/mol. The lowest BCUT2D eigenvalue weighted by Crippen LogP contribution is -2.09. The number of anilines is 3. The van der Waals surface area contributed by atoms with E-state index in [1.165, 1.54) is 10.8 Å². The van der Waals surface area contributed by atoms with Gasteiger partial charge in [0, 0.05) is 33.5 Å². The van der Waals surface area contributed by atoms with Crippen LogP contribution >= 0.6 is 0 Å². The molecule has 0 unspecified atom stereocenters. The minimum absolute atomic E-state index is 0.0978. The fraction of sp³-hybridized carbons (Fsp3) is 0. The van der Waals surface area contributed by atoms with Crippen molar-refractivity contribution in [3.8, 4) is 50.2 Å². The average Bonchev–Trinajstić information content (AvgIpc) is 3.66. The third kappa shape index (κ3) is 6.24. The summed E-state index contributed by atoms with van der Waals surface area (Å²) in [5, 5.41) is 2.38. The van der Waals surface area contributed by atoms with Crippen LogP contribution < -0.4 is 4.90 Å². The predicted molar refractivity (Wildman–Crippen MR) is 237 cm³/mol. The molecular weight excluding hydrogens is 677 g/mol. The second-order valence-electron chi connectivity index (χ2n) is 13.9. The second-order valence-corrected chi connectivity index (χ2v) is 13.9. The number of nitrogens with zero attached hydrogens (tertiary/aromatic N) is 2. The van der Waals surface area contributed by atoms with Gasteiger partial charge in [-0.25, -0.2) is 0 Å². The zero-order valence-electron chi connectivity index (χ0n) is 35.4. The number of rotatable bonds is 8. The molecule has 1 aromatic heterocycles. The molecule has 56 heavy (non-hydrogen) atoms. The van der Waals surface area contributed by atoms with Crippen LogP contribution in [-0.2, 0) is 0 Å². The summed E-state index contributed by atoms with van der Waals surface area (Å²) >= 11 is 0. The molecule has 0 aliphatic carbocycles. The van der Waals surface area contributed by atoms with E-state index in [1.54, 1.807) is 4.90 Å². The molecule has 0 amide bonds. The number of benzene rings is 9. The molecule has 264 valence electrons. The molecule has 2 nitrogen and oxygen atoms in total. The number of aromatic nitrogens is 1. The maximum Gasteiger partial charge on any atom is 0.0645 e. The molecule has 9 aromatic carbocycles. The first-order valence-electron chi connectivity index (χ1n) is 21.3. The summed E-state index contributed by atoms with van der Waals surface area (Å²) in [5.41, 5.74) is 13.5. The number of para-hydroxylation sites is 3. The van der Waals surface area contributed by atoms with Crippen molar-refractivity contribution in [3.05, 3.63) is 230 Å². The Balaban J connectivity index is 1.06. The topological polar surface area (TPSA) is 8.17 Å². The van der Waals surface area contributed by atoms with Gasteiger partial charge in [-0.2, -0.15) is 0 Å². The molecule has 0 fully saturated rings. The normalized spacial score (nSPS) is 12.5. The zero-order valence-corrected chi connectivity index (χ0v) is 30.4. The molecule has 0 spiro atoms. The van der Waals surface area contributed by atoms with Crippen LogP contribution in [-0.4, -0.2) is 4.57 Å². The molecule has 0 saturated heterocycles. The Bertz CT molecular complexity index is 3150. The molecule has 1 heterocycles. The number of fused-ring (bicyclic) bond motifs is 3. The van der Waals surface area contributed by atoms with Crippen molar-refractivity contribution < 1.29 is 6.85 Å². The lowest BCUT2D eigenvalue weighted by Gasteiger charge is -2.25. The van der Waals surface area contributed by atoms with Crippen LogP contribution in [0.1, 0.15) is 6.85 Å². The molecule has 0 aliphatic rings. The van der Waals surface area contributed by atoms with Gasteiger partial charge in [-0.3, -0.25) is 0 Å². The maximum absolute atomic E-state index is 8.81. The van der Waals surface area contributed by atoms with Gasteiger partial charge in [-0.1, -0.05) is 164 Å². The van der Waals surface area contributed by atoms with Gasteiger partial charge in [0.2, 0.25) is 0 Å². The first kappa shape index (κ1) is 28.1. The van der Waals surface area contributed by atoms with Gasteiger partial charge in [0.05, 0.1) is 17.9 Å². The molecule has 10 aromatic rings. The summed E-state index contributed by atoms with van der Waals surface area (Å²) in [5.74, 6) is 0. The number of hydrogen-bond donors (Lipinski definition) is 0. The molecule has 2 heteroatoms. The van der Waals surface area contributed by atoms with Crippen LogP contribution in [0.25, 0.3) is 72.0 Å². The van der Waals surface area contributed by atoms with E-state index in [4.69, 9.17) is 6.85 Å². The SMILES string of the molecule is [2H]c1c([2H])c([2H])c(N(c2ccccc2)c2cccc(-c3ccc(-c4ccc5c6ccccc6n(-c6cc(-c7ccccc7)cc(-c7ccccc7)c6)c5c4)cc3)c2)c([2H])c1[2H]. The van der Waals surface area contributed by atoms with E-state index in [0.29, 0.717) is 11.4 Å². The first-order chi connectivity index (χ1) is 29.8. The molecule has 10 rings (SSSR count). The van der Waals surface area contributed by atoms with Crippen molar-refractivity contribution in [3.63, 3.8) is 0 Å². The van der Waals surface area contributed by atoms with Gasteiger partial charge >= 0.3 is 0 Å². The molecule has 0 bridgehead atoms. The van der Waals surface area contributed by atoms with E-state index in [-0.39, 0.29) is 29.9 Å². The lowest BCUT2D eigenvalue weighted by atomic mass is 9.97. The fourth-order valence-electron chi connectivity index (χ4n) is 7.78. The van der Waals surface area contributed by atoms with Crippen LogP contribution in [0.5, 0.6) is 0 Å². The van der Waals surface area contributed by atoms with Crippen LogP contribution in [0.15, 0.2) is 230 Å². The summed E-state index contributed by atoms with van der Waals surface area (Å²) in [7, 11) is 0. The molecule has 0 N–H and O–H groups in total. The van der Waals surface area contributed by atoms with E-state index in [9.17, 15) is 0 Å². The van der Waals surface area contributed by atoms with E-state index in [1.807, 2.05) is 54.6 Å². The van der Waals surface area contributed by atoms with Gasteiger partial charge in [-0.15, -0.1) is 0 Å². The Kier molecular flexibility index (Phi) is 7.24. The highest BCUT2D eigenvalue weighted by Crippen LogP contribution is 2.39. The Labute approximate surface area is 334 Å². The van der Waals surface area contributed by atoms with E-state index in [2.05, 4.69) is 150 Å². The highest BCUT2D eigenvalue weighted by Gasteiger charge is 2.17. The first-order valence-corrected chi connectivity index (χ1v) is 18.8. The quantitative estimate of drug-likeness (QED) is 0.152. The molecule has 0 atom stereocenters. The Morgan fingerprint density at radius 2 is 0.821 bits per heavy atom. The zero-order chi connectivity index (χ0) is 41.6. The van der Waals surface area contributed by atoms with Crippen molar-refractivity contribution in [2.75, 3.05) is 4.90 Å². The van der Waals surface area contributed by atoms with Gasteiger partial charge < -0.3 is 9.47 Å². The molecular formula is C54H38N2. The third-order valence-electron chi connectivity index (χ3n) is 10.4. The lowest BCUT2D eigenvalue weighted by molar-refractivity contribution is 1.18. The van der Waals surface area contributed by atoms with Crippen molar-refractivity contribution in [2.24, 2.45) is 0 Å². The smallest absolute Gasteiger partial charge is 0.0645 e. The van der Waals surface area contributed by atoms with E-state index in [0.717, 1.165) is 61.2 Å². The van der Waals surface area contributed by atoms with Gasteiger partial charge in [-0.05, 0) is 111 Å². The summed E-state index contributed by atoms with van der Waals surface area (Å²) in [6.45, 7) is 0. The molecule has 0 radical (unpaired) electrons. The van der Waals surface area contributed by atoms with E-state index >= 15 is 0 Å². The molecule has 0 aliphatic heterocycles. The second kappa shape index (κ2) is 14.4. The van der Waals surface area contributed by atoms with Crippen LogP contribution in [0.4, 0.5) is 17.1 Å².